The van der Waals surface area contributed by atoms with Crippen LogP contribution in [0.3, 0.4) is 0 Å². The van der Waals surface area contributed by atoms with E-state index in [2.05, 4.69) is 62.1 Å². The van der Waals surface area contributed by atoms with Gasteiger partial charge in [0.2, 0.25) is 0 Å². The molecule has 2 aliphatic heterocycles. The fourth-order valence-corrected chi connectivity index (χ4v) is 5.71. The van der Waals surface area contributed by atoms with Gasteiger partial charge in [-0.25, -0.2) is 4.98 Å². The van der Waals surface area contributed by atoms with E-state index in [0.29, 0.717) is 5.92 Å². The Hall–Kier alpha value is -3.42. The molecule has 1 N–H and O–H groups in total. The summed E-state index contributed by atoms with van der Waals surface area (Å²) in [5.41, 5.74) is 7.44. The van der Waals surface area contributed by atoms with E-state index in [1.807, 2.05) is 18.3 Å². The van der Waals surface area contributed by atoms with Crippen molar-refractivity contribution in [3.63, 3.8) is 0 Å². The number of hydrogen-bond donors (Lipinski definition) is 1. The zero-order chi connectivity index (χ0) is 25.0. The number of aromatic nitrogens is 4. The second kappa shape index (κ2) is 10.9. The average molecular weight is 498 g/mol. The minimum absolute atomic E-state index is 0.500. The monoisotopic (exact) mass is 497 g/mol. The zero-order valence-electron chi connectivity index (χ0n) is 21.5. The molecule has 1 fully saturated rings. The molecule has 7 nitrogen and oxygen atoms in total. The third kappa shape index (κ3) is 5.20. The van der Waals surface area contributed by atoms with E-state index in [-0.39, 0.29) is 0 Å². The molecule has 7 heteroatoms. The first-order valence-corrected chi connectivity index (χ1v) is 13.4. The number of fused-ring (bicyclic) bond motifs is 1. The van der Waals surface area contributed by atoms with Gasteiger partial charge in [-0.05, 0) is 55.5 Å². The largest absolute Gasteiger partial charge is 0.497 e. The van der Waals surface area contributed by atoms with Gasteiger partial charge in [-0.15, -0.1) is 0 Å². The number of nitrogens with one attached hydrogen (secondary N) is 1. The van der Waals surface area contributed by atoms with Crippen molar-refractivity contribution >= 4 is 0 Å². The Kier molecular flexibility index (Phi) is 7.06. The standard InChI is InChI=1S/C30H35N5O2/c1-36-26-10-8-23(9-11-26)29-25(19-31-33-29)20-34-15-16-35-28(21-34)27(12-7-22-5-3-2-4-6-22)32-30(35)24-13-17-37-18-14-24/h2-6,8-11,19,24H,7,12-18,20-21H2,1H3,(H,31,33). The lowest BCUT2D eigenvalue weighted by Crippen LogP contribution is -2.34. The number of aromatic amines is 1. The number of benzene rings is 2. The number of hydrogen-bond acceptors (Lipinski definition) is 5. The lowest BCUT2D eigenvalue weighted by Gasteiger charge is -2.31. The van der Waals surface area contributed by atoms with Gasteiger partial charge in [0.05, 0.1) is 30.4 Å². The Morgan fingerprint density at radius 1 is 1.00 bits per heavy atom. The van der Waals surface area contributed by atoms with Crippen molar-refractivity contribution in [2.75, 3.05) is 26.9 Å². The second-order valence-electron chi connectivity index (χ2n) is 10.1. The van der Waals surface area contributed by atoms with Crippen LogP contribution in [0.5, 0.6) is 5.75 Å². The Balaban J connectivity index is 1.23. The Morgan fingerprint density at radius 2 is 1.81 bits per heavy atom. The van der Waals surface area contributed by atoms with E-state index < -0.39 is 0 Å². The van der Waals surface area contributed by atoms with Gasteiger partial charge in [0.1, 0.15) is 11.6 Å². The number of imidazole rings is 1. The van der Waals surface area contributed by atoms with Crippen molar-refractivity contribution in [2.24, 2.45) is 0 Å². The van der Waals surface area contributed by atoms with Crippen molar-refractivity contribution in [1.82, 2.24) is 24.6 Å². The molecule has 192 valence electrons. The Morgan fingerprint density at radius 3 is 2.59 bits per heavy atom. The molecule has 0 radical (unpaired) electrons. The summed E-state index contributed by atoms with van der Waals surface area (Å²) in [6.45, 7) is 5.43. The summed E-state index contributed by atoms with van der Waals surface area (Å²) in [7, 11) is 1.69. The topological polar surface area (TPSA) is 68.2 Å². The molecule has 4 aromatic rings. The molecular formula is C30H35N5O2. The van der Waals surface area contributed by atoms with Crippen LogP contribution in [-0.4, -0.2) is 51.5 Å². The third-order valence-corrected chi connectivity index (χ3v) is 7.77. The van der Waals surface area contributed by atoms with Crippen LogP contribution in [0, 0.1) is 0 Å². The van der Waals surface area contributed by atoms with E-state index in [9.17, 15) is 0 Å². The van der Waals surface area contributed by atoms with Crippen LogP contribution in [0.1, 0.15) is 47.1 Å². The average Bonchev–Trinajstić information content (AvgIpc) is 3.57. The molecule has 0 unspecified atom stereocenters. The molecule has 0 spiro atoms. The molecule has 2 aromatic carbocycles. The summed E-state index contributed by atoms with van der Waals surface area (Å²) in [4.78, 5) is 7.83. The van der Waals surface area contributed by atoms with Crippen molar-refractivity contribution in [2.45, 2.75) is 51.2 Å². The van der Waals surface area contributed by atoms with E-state index in [1.54, 1.807) is 7.11 Å². The van der Waals surface area contributed by atoms with Gasteiger partial charge >= 0.3 is 0 Å². The summed E-state index contributed by atoms with van der Waals surface area (Å²) in [5.74, 6) is 2.64. The molecule has 2 aromatic heterocycles. The molecule has 0 amide bonds. The maximum atomic E-state index is 5.65. The van der Waals surface area contributed by atoms with E-state index in [4.69, 9.17) is 14.5 Å². The van der Waals surface area contributed by atoms with Crippen LogP contribution in [0.2, 0.25) is 0 Å². The highest BCUT2D eigenvalue weighted by Crippen LogP contribution is 2.32. The third-order valence-electron chi connectivity index (χ3n) is 7.77. The van der Waals surface area contributed by atoms with Crippen molar-refractivity contribution in [1.29, 1.82) is 0 Å². The number of aryl methyl sites for hydroxylation is 2. The molecule has 6 rings (SSSR count). The lowest BCUT2D eigenvalue weighted by molar-refractivity contribution is 0.0821. The fraction of sp³-hybridized carbons (Fsp3) is 0.400. The molecule has 0 saturated carbocycles. The molecule has 2 aliphatic rings. The molecule has 37 heavy (non-hydrogen) atoms. The summed E-state index contributed by atoms with van der Waals surface area (Å²) in [6, 6.07) is 18.9. The summed E-state index contributed by atoms with van der Waals surface area (Å²) < 4.78 is 13.5. The molecule has 0 atom stereocenters. The van der Waals surface area contributed by atoms with Gasteiger partial charge < -0.3 is 14.0 Å². The van der Waals surface area contributed by atoms with Gasteiger partial charge in [0, 0.05) is 56.4 Å². The van der Waals surface area contributed by atoms with Gasteiger partial charge in [-0.2, -0.15) is 5.10 Å². The van der Waals surface area contributed by atoms with Gasteiger partial charge in [-0.1, -0.05) is 30.3 Å². The summed E-state index contributed by atoms with van der Waals surface area (Å²) in [5, 5.41) is 7.60. The molecule has 1 saturated heterocycles. The molecule has 0 aliphatic carbocycles. The number of H-pyrrole nitrogens is 1. The number of methoxy groups -OCH3 is 1. The van der Waals surface area contributed by atoms with Crippen LogP contribution in [0.15, 0.2) is 60.8 Å². The minimum Gasteiger partial charge on any atom is -0.497 e. The van der Waals surface area contributed by atoms with Crippen LogP contribution in [0.4, 0.5) is 0 Å². The zero-order valence-corrected chi connectivity index (χ0v) is 21.5. The fourth-order valence-electron chi connectivity index (χ4n) is 5.71. The first-order valence-electron chi connectivity index (χ1n) is 13.4. The molecular weight excluding hydrogens is 462 g/mol. The maximum absolute atomic E-state index is 5.65. The van der Waals surface area contributed by atoms with Gasteiger partial charge in [0.15, 0.2) is 0 Å². The lowest BCUT2D eigenvalue weighted by atomic mass is 9.99. The van der Waals surface area contributed by atoms with E-state index in [0.717, 1.165) is 82.1 Å². The number of nitrogens with zero attached hydrogens (tertiary/aromatic N) is 4. The maximum Gasteiger partial charge on any atom is 0.118 e. The van der Waals surface area contributed by atoms with Crippen molar-refractivity contribution in [3.05, 3.63) is 89.1 Å². The first-order chi connectivity index (χ1) is 18.3. The summed E-state index contributed by atoms with van der Waals surface area (Å²) in [6.07, 6.45) is 6.09. The quantitative estimate of drug-likeness (QED) is 0.372. The normalized spacial score (nSPS) is 16.6. The second-order valence-corrected chi connectivity index (χ2v) is 10.1. The molecule has 0 bridgehead atoms. The summed E-state index contributed by atoms with van der Waals surface area (Å²) >= 11 is 0. The SMILES string of the molecule is COc1ccc(-c2[nH]ncc2CN2CCn3c(C4CCOCC4)nc(CCc4ccccc4)c3C2)cc1. The van der Waals surface area contributed by atoms with E-state index in [1.165, 1.54) is 28.3 Å². The predicted octanol–water partition coefficient (Wildman–Crippen LogP) is 4.98. The minimum atomic E-state index is 0.500. The Labute approximate surface area is 218 Å². The highest BCUT2D eigenvalue weighted by atomic mass is 16.5. The highest BCUT2D eigenvalue weighted by Gasteiger charge is 2.29. The number of rotatable bonds is 8. The van der Waals surface area contributed by atoms with Crippen molar-refractivity contribution < 1.29 is 9.47 Å². The van der Waals surface area contributed by atoms with Crippen LogP contribution in [0.25, 0.3) is 11.3 Å². The highest BCUT2D eigenvalue weighted by molar-refractivity contribution is 5.63. The number of ether oxygens (including phenoxy) is 2. The van der Waals surface area contributed by atoms with Crippen molar-refractivity contribution in [3.8, 4) is 17.0 Å². The van der Waals surface area contributed by atoms with Crippen LogP contribution >= 0.6 is 0 Å². The van der Waals surface area contributed by atoms with Gasteiger partial charge in [0.25, 0.3) is 0 Å². The predicted molar refractivity (Wildman–Crippen MR) is 144 cm³/mol. The Bertz CT molecular complexity index is 1310. The van der Waals surface area contributed by atoms with E-state index >= 15 is 0 Å². The molecule has 4 heterocycles. The van der Waals surface area contributed by atoms with Crippen LogP contribution in [-0.2, 0) is 37.2 Å². The van der Waals surface area contributed by atoms with Gasteiger partial charge in [-0.3, -0.25) is 10.00 Å². The smallest absolute Gasteiger partial charge is 0.118 e. The van der Waals surface area contributed by atoms with Crippen LogP contribution < -0.4 is 4.74 Å². The first kappa shape index (κ1) is 23.9.